The van der Waals surface area contributed by atoms with E-state index in [0.29, 0.717) is 5.58 Å². The Morgan fingerprint density at radius 2 is 2.06 bits per heavy atom. The molecule has 0 radical (unpaired) electrons. The normalized spacial score (nSPS) is 16.6. The van der Waals surface area contributed by atoms with Crippen molar-refractivity contribution in [3.63, 3.8) is 0 Å². The quantitative estimate of drug-likeness (QED) is 0.766. The van der Waals surface area contributed by atoms with Crippen LogP contribution in [0, 0.1) is 6.92 Å². The van der Waals surface area contributed by atoms with E-state index in [9.17, 15) is 4.79 Å². The van der Waals surface area contributed by atoms with Gasteiger partial charge in [0, 0.05) is 31.9 Å². The smallest absolute Gasteiger partial charge is 0.408 e. The van der Waals surface area contributed by atoms with E-state index in [-0.39, 0.29) is 5.76 Å². The van der Waals surface area contributed by atoms with E-state index in [1.807, 2.05) is 19.1 Å². The number of piperazine rings is 1. The first-order valence-corrected chi connectivity index (χ1v) is 5.84. The van der Waals surface area contributed by atoms with Gasteiger partial charge in [-0.3, -0.25) is 4.98 Å². The number of hydrogen-bond acceptors (Lipinski definition) is 4. The van der Waals surface area contributed by atoms with Gasteiger partial charge in [0.05, 0.1) is 5.52 Å². The summed E-state index contributed by atoms with van der Waals surface area (Å²) in [7, 11) is 0. The van der Waals surface area contributed by atoms with Crippen molar-refractivity contribution >= 4 is 16.8 Å². The van der Waals surface area contributed by atoms with Gasteiger partial charge in [-0.1, -0.05) is 0 Å². The van der Waals surface area contributed by atoms with Gasteiger partial charge in [-0.2, -0.15) is 0 Å². The molecule has 1 aliphatic heterocycles. The molecule has 0 spiro atoms. The van der Waals surface area contributed by atoms with Crippen molar-refractivity contribution < 1.29 is 4.42 Å². The number of fused-ring (bicyclic) bond motifs is 1. The molecule has 1 aromatic heterocycles. The molecule has 1 aromatic carbocycles. The van der Waals surface area contributed by atoms with Crippen molar-refractivity contribution in [1.82, 2.24) is 10.3 Å². The molecule has 0 atom stereocenters. The number of aryl methyl sites for hydroxylation is 1. The van der Waals surface area contributed by atoms with E-state index >= 15 is 0 Å². The number of nitrogens with one attached hydrogen (secondary N) is 2. The molecule has 17 heavy (non-hydrogen) atoms. The Kier molecular flexibility index (Phi) is 2.40. The number of rotatable bonds is 1. The molecule has 3 rings (SSSR count). The molecule has 2 heterocycles. The fraction of sp³-hybridized carbons (Fsp3) is 0.417. The molecule has 5 heteroatoms. The number of nitrogens with zero attached hydrogens (tertiary/aromatic N) is 1. The van der Waals surface area contributed by atoms with Crippen molar-refractivity contribution in [2.45, 2.75) is 6.92 Å². The van der Waals surface area contributed by atoms with Crippen LogP contribution in [0.3, 0.4) is 0 Å². The molecule has 0 saturated carbocycles. The summed E-state index contributed by atoms with van der Waals surface area (Å²) >= 11 is 0. The summed E-state index contributed by atoms with van der Waals surface area (Å²) in [6.45, 7) is 6.01. The molecule has 1 aliphatic rings. The largest absolute Gasteiger partial charge is 0.417 e. The van der Waals surface area contributed by atoms with Gasteiger partial charge in [0.2, 0.25) is 0 Å². The first-order valence-electron chi connectivity index (χ1n) is 5.84. The zero-order valence-electron chi connectivity index (χ0n) is 9.75. The second-order valence-corrected chi connectivity index (χ2v) is 4.33. The maximum absolute atomic E-state index is 11.2. The molecule has 0 aliphatic carbocycles. The van der Waals surface area contributed by atoms with Crippen molar-refractivity contribution in [2.75, 3.05) is 31.1 Å². The van der Waals surface area contributed by atoms with Crippen LogP contribution in [0.4, 0.5) is 5.69 Å². The summed E-state index contributed by atoms with van der Waals surface area (Å²) in [5.41, 5.74) is 3.70. The van der Waals surface area contributed by atoms with Crippen molar-refractivity contribution in [1.29, 1.82) is 0 Å². The minimum Gasteiger partial charge on any atom is -0.408 e. The van der Waals surface area contributed by atoms with Gasteiger partial charge in [0.25, 0.3) is 0 Å². The molecule has 0 bridgehead atoms. The van der Waals surface area contributed by atoms with E-state index in [1.54, 1.807) is 0 Å². The van der Waals surface area contributed by atoms with Crippen molar-refractivity contribution in [2.24, 2.45) is 0 Å². The van der Waals surface area contributed by atoms with Crippen LogP contribution in [0.25, 0.3) is 11.1 Å². The van der Waals surface area contributed by atoms with Gasteiger partial charge < -0.3 is 14.6 Å². The predicted molar refractivity (Wildman–Crippen MR) is 66.7 cm³/mol. The minimum absolute atomic E-state index is 0.388. The van der Waals surface area contributed by atoms with Gasteiger partial charge in [0.1, 0.15) is 0 Å². The molecule has 5 nitrogen and oxygen atoms in total. The Labute approximate surface area is 98.4 Å². The molecule has 2 aromatic rings. The Bertz CT molecular complexity index is 593. The lowest BCUT2D eigenvalue weighted by atomic mass is 10.1. The summed E-state index contributed by atoms with van der Waals surface area (Å²) in [6.07, 6.45) is 0. The van der Waals surface area contributed by atoms with Crippen LogP contribution in [0.5, 0.6) is 0 Å². The Hall–Kier alpha value is -1.75. The van der Waals surface area contributed by atoms with E-state index in [1.165, 1.54) is 5.69 Å². The van der Waals surface area contributed by atoms with Crippen LogP contribution >= 0.6 is 0 Å². The number of hydrogen-bond donors (Lipinski definition) is 2. The van der Waals surface area contributed by atoms with Crippen molar-refractivity contribution in [3.8, 4) is 0 Å². The number of aromatic nitrogens is 1. The zero-order valence-corrected chi connectivity index (χ0v) is 9.75. The first kappa shape index (κ1) is 10.4. The highest BCUT2D eigenvalue weighted by atomic mass is 16.4. The molecular formula is C12H15N3O2. The predicted octanol–water partition coefficient (Wildman–Crippen LogP) is 0.839. The maximum Gasteiger partial charge on any atom is 0.417 e. The summed E-state index contributed by atoms with van der Waals surface area (Å²) in [6, 6.07) is 3.89. The zero-order chi connectivity index (χ0) is 11.8. The van der Waals surface area contributed by atoms with Crippen LogP contribution < -0.4 is 16.0 Å². The van der Waals surface area contributed by atoms with Gasteiger partial charge in [0.15, 0.2) is 5.58 Å². The number of aromatic amines is 1. The first-order chi connectivity index (χ1) is 8.25. The number of benzene rings is 1. The van der Waals surface area contributed by atoms with Crippen LogP contribution in [0.1, 0.15) is 5.56 Å². The Balaban J connectivity index is 2.10. The topological polar surface area (TPSA) is 61.3 Å². The lowest BCUT2D eigenvalue weighted by molar-refractivity contribution is 0.555. The number of H-pyrrole nitrogens is 1. The molecule has 0 unspecified atom stereocenters. The lowest BCUT2D eigenvalue weighted by Crippen LogP contribution is -2.43. The van der Waals surface area contributed by atoms with Gasteiger partial charge in [-0.25, -0.2) is 4.79 Å². The monoisotopic (exact) mass is 233 g/mol. The van der Waals surface area contributed by atoms with Gasteiger partial charge >= 0.3 is 5.76 Å². The molecule has 90 valence electrons. The van der Waals surface area contributed by atoms with Crippen molar-refractivity contribution in [3.05, 3.63) is 28.2 Å². The van der Waals surface area contributed by atoms with Crippen LogP contribution in [0.15, 0.2) is 21.3 Å². The lowest BCUT2D eigenvalue weighted by Gasteiger charge is -2.30. The molecule has 1 fully saturated rings. The average molecular weight is 233 g/mol. The fourth-order valence-corrected chi connectivity index (χ4v) is 2.39. The van der Waals surface area contributed by atoms with E-state index in [2.05, 4.69) is 15.2 Å². The third-order valence-corrected chi connectivity index (χ3v) is 3.29. The average Bonchev–Trinajstić information content (AvgIpc) is 2.72. The summed E-state index contributed by atoms with van der Waals surface area (Å²) < 4.78 is 5.05. The van der Waals surface area contributed by atoms with E-state index in [0.717, 1.165) is 37.3 Å². The van der Waals surface area contributed by atoms with Gasteiger partial charge in [-0.15, -0.1) is 0 Å². The highest BCUT2D eigenvalue weighted by molar-refractivity contribution is 5.82. The molecular weight excluding hydrogens is 218 g/mol. The Morgan fingerprint density at radius 3 is 2.82 bits per heavy atom. The minimum atomic E-state index is -0.388. The van der Waals surface area contributed by atoms with Crippen LogP contribution in [-0.4, -0.2) is 31.2 Å². The molecule has 2 N–H and O–H groups in total. The maximum atomic E-state index is 11.2. The van der Waals surface area contributed by atoms with Gasteiger partial charge in [-0.05, 0) is 24.6 Å². The third-order valence-electron chi connectivity index (χ3n) is 3.29. The fourth-order valence-electron chi connectivity index (χ4n) is 2.39. The molecule has 1 saturated heterocycles. The SMILES string of the molecule is Cc1c(N2CCNCC2)ccc2oc(=O)[nH]c12. The van der Waals surface area contributed by atoms with E-state index in [4.69, 9.17) is 4.42 Å². The highest BCUT2D eigenvalue weighted by Crippen LogP contribution is 2.26. The second-order valence-electron chi connectivity index (χ2n) is 4.33. The summed E-state index contributed by atoms with van der Waals surface area (Å²) in [5, 5.41) is 3.33. The number of anilines is 1. The van der Waals surface area contributed by atoms with Crippen LogP contribution in [0.2, 0.25) is 0 Å². The summed E-state index contributed by atoms with van der Waals surface area (Å²) in [4.78, 5) is 16.3. The van der Waals surface area contributed by atoms with Crippen LogP contribution in [-0.2, 0) is 0 Å². The Morgan fingerprint density at radius 1 is 1.29 bits per heavy atom. The number of oxazole rings is 1. The standard InChI is InChI=1S/C12H15N3O2/c1-8-9(15-6-4-13-5-7-15)2-3-10-11(8)14-12(16)17-10/h2-3,13H,4-7H2,1H3,(H,14,16). The third kappa shape index (κ3) is 1.72. The highest BCUT2D eigenvalue weighted by Gasteiger charge is 2.15. The molecule has 0 amide bonds. The summed E-state index contributed by atoms with van der Waals surface area (Å²) in [5.74, 6) is -0.388. The van der Waals surface area contributed by atoms with E-state index < -0.39 is 0 Å². The second kappa shape index (κ2) is 3.92.